The van der Waals surface area contributed by atoms with Crippen LogP contribution in [0.3, 0.4) is 0 Å². The fourth-order valence-corrected chi connectivity index (χ4v) is 3.61. The van der Waals surface area contributed by atoms with E-state index < -0.39 is 5.60 Å². The number of aromatic nitrogens is 1. The smallest absolute Gasteiger partial charge is 0.407 e. The monoisotopic (exact) mass is 395 g/mol. The molecule has 1 aliphatic heterocycles. The summed E-state index contributed by atoms with van der Waals surface area (Å²) in [5, 5.41) is 3.00. The summed E-state index contributed by atoms with van der Waals surface area (Å²) < 4.78 is 5.36. The highest BCUT2D eigenvalue weighted by atomic mass is 16.6. The molecular weight excluding hydrogens is 362 g/mol. The molecule has 0 radical (unpaired) electrons. The molecule has 1 aromatic carbocycles. The number of hydrogen-bond acceptors (Lipinski definition) is 4. The van der Waals surface area contributed by atoms with Crippen LogP contribution in [0.25, 0.3) is 0 Å². The molecule has 1 fully saturated rings. The van der Waals surface area contributed by atoms with Gasteiger partial charge in [-0.3, -0.25) is 9.88 Å². The Morgan fingerprint density at radius 3 is 2.34 bits per heavy atom. The standard InChI is InChI=1S/C24H33N3O2/c1-24(2,3)29-23(28)26-22-12-15-27(16-13-22)18-21-10-7-19(8-11-21)6-9-20-5-4-14-25-17-20/h4-5,7-8,10-11,14,17,22H,6,9,12-13,15-16,18H2,1-3H3,(H,26,28). The fourth-order valence-electron chi connectivity index (χ4n) is 3.61. The zero-order valence-electron chi connectivity index (χ0n) is 17.9. The number of alkyl carbamates (subject to hydrolysis) is 1. The maximum Gasteiger partial charge on any atom is 0.407 e. The van der Waals surface area contributed by atoms with Crippen LogP contribution in [0, 0.1) is 0 Å². The summed E-state index contributed by atoms with van der Waals surface area (Å²) in [7, 11) is 0. The Balaban J connectivity index is 1.39. The molecule has 1 N–H and O–H groups in total. The van der Waals surface area contributed by atoms with Crippen LogP contribution in [-0.2, 0) is 24.1 Å². The van der Waals surface area contributed by atoms with Crippen molar-refractivity contribution in [1.29, 1.82) is 0 Å². The molecule has 29 heavy (non-hydrogen) atoms. The minimum atomic E-state index is -0.449. The number of carbonyl (C=O) groups excluding carboxylic acids is 1. The molecule has 5 nitrogen and oxygen atoms in total. The molecule has 1 saturated heterocycles. The van der Waals surface area contributed by atoms with Crippen molar-refractivity contribution >= 4 is 6.09 Å². The van der Waals surface area contributed by atoms with Crippen LogP contribution in [0.4, 0.5) is 4.79 Å². The molecule has 0 aliphatic carbocycles. The van der Waals surface area contributed by atoms with E-state index in [1.54, 1.807) is 0 Å². The second-order valence-electron chi connectivity index (χ2n) is 8.87. The van der Waals surface area contributed by atoms with Gasteiger partial charge >= 0.3 is 6.09 Å². The van der Waals surface area contributed by atoms with Gasteiger partial charge in [-0.25, -0.2) is 4.79 Å². The Hall–Kier alpha value is -2.40. The molecule has 0 bridgehead atoms. The number of carbonyl (C=O) groups is 1. The van der Waals surface area contributed by atoms with E-state index in [1.165, 1.54) is 16.7 Å². The molecule has 0 saturated carbocycles. The number of benzene rings is 1. The van der Waals surface area contributed by atoms with Crippen molar-refractivity contribution < 1.29 is 9.53 Å². The maximum absolute atomic E-state index is 11.9. The van der Waals surface area contributed by atoms with E-state index in [4.69, 9.17) is 4.74 Å². The van der Waals surface area contributed by atoms with Crippen molar-refractivity contribution in [2.45, 2.75) is 64.6 Å². The van der Waals surface area contributed by atoms with Gasteiger partial charge in [-0.05, 0) is 69.2 Å². The number of nitrogens with one attached hydrogen (secondary N) is 1. The van der Waals surface area contributed by atoms with Gasteiger partial charge in [-0.15, -0.1) is 0 Å². The van der Waals surface area contributed by atoms with Crippen molar-refractivity contribution in [2.24, 2.45) is 0 Å². The van der Waals surface area contributed by atoms with Gasteiger partial charge in [0.15, 0.2) is 0 Å². The Morgan fingerprint density at radius 1 is 1.07 bits per heavy atom. The lowest BCUT2D eigenvalue weighted by atomic mass is 10.0. The van der Waals surface area contributed by atoms with Gasteiger partial charge in [0.05, 0.1) is 0 Å². The minimum Gasteiger partial charge on any atom is -0.444 e. The molecule has 5 heteroatoms. The Kier molecular flexibility index (Phi) is 7.26. The van der Waals surface area contributed by atoms with Gasteiger partial charge in [0, 0.05) is 38.1 Å². The summed E-state index contributed by atoms with van der Waals surface area (Å²) in [5.41, 5.74) is 3.53. The molecule has 0 unspecified atom stereocenters. The van der Waals surface area contributed by atoms with Crippen LogP contribution in [-0.4, -0.2) is 40.7 Å². The number of nitrogens with zero attached hydrogens (tertiary/aromatic N) is 2. The van der Waals surface area contributed by atoms with Gasteiger partial charge < -0.3 is 10.1 Å². The van der Waals surface area contributed by atoms with Crippen LogP contribution in [0.2, 0.25) is 0 Å². The van der Waals surface area contributed by atoms with Gasteiger partial charge in [0.1, 0.15) is 5.60 Å². The van der Waals surface area contributed by atoms with E-state index in [1.807, 2.05) is 39.2 Å². The van der Waals surface area contributed by atoms with Crippen LogP contribution in [0.15, 0.2) is 48.8 Å². The molecule has 3 rings (SSSR count). The van der Waals surface area contributed by atoms with Crippen LogP contribution in [0.5, 0.6) is 0 Å². The number of amides is 1. The van der Waals surface area contributed by atoms with Gasteiger partial charge in [0.2, 0.25) is 0 Å². The number of piperidine rings is 1. The van der Waals surface area contributed by atoms with Crippen LogP contribution >= 0.6 is 0 Å². The molecular formula is C24H33N3O2. The fraction of sp³-hybridized carbons (Fsp3) is 0.500. The van der Waals surface area contributed by atoms with Crippen molar-refractivity contribution in [3.05, 3.63) is 65.5 Å². The van der Waals surface area contributed by atoms with Crippen LogP contribution < -0.4 is 5.32 Å². The van der Waals surface area contributed by atoms with Crippen LogP contribution in [0.1, 0.15) is 50.3 Å². The first-order chi connectivity index (χ1) is 13.9. The molecule has 2 aromatic rings. The number of ether oxygens (including phenoxy) is 1. The second kappa shape index (κ2) is 9.88. The molecule has 0 spiro atoms. The largest absolute Gasteiger partial charge is 0.444 e. The van der Waals surface area contributed by atoms with Gasteiger partial charge in [-0.1, -0.05) is 30.3 Å². The lowest BCUT2D eigenvalue weighted by Gasteiger charge is -2.32. The summed E-state index contributed by atoms with van der Waals surface area (Å²) in [6, 6.07) is 13.3. The number of rotatable bonds is 6. The number of aryl methyl sites for hydroxylation is 2. The predicted molar refractivity (Wildman–Crippen MR) is 116 cm³/mol. The number of likely N-dealkylation sites (tertiary alicyclic amines) is 1. The first-order valence-electron chi connectivity index (χ1n) is 10.6. The van der Waals surface area contributed by atoms with E-state index in [-0.39, 0.29) is 12.1 Å². The lowest BCUT2D eigenvalue weighted by Crippen LogP contribution is -2.45. The summed E-state index contributed by atoms with van der Waals surface area (Å²) in [4.78, 5) is 18.6. The Morgan fingerprint density at radius 2 is 1.72 bits per heavy atom. The van der Waals surface area contributed by atoms with Gasteiger partial charge in [0.25, 0.3) is 0 Å². The van der Waals surface area contributed by atoms with Crippen molar-refractivity contribution in [2.75, 3.05) is 13.1 Å². The molecule has 156 valence electrons. The SMILES string of the molecule is CC(C)(C)OC(=O)NC1CCN(Cc2ccc(CCc3cccnc3)cc2)CC1. The quantitative estimate of drug-likeness (QED) is 0.790. The van der Waals surface area contributed by atoms with Crippen molar-refractivity contribution in [3.8, 4) is 0 Å². The molecule has 1 aromatic heterocycles. The lowest BCUT2D eigenvalue weighted by molar-refractivity contribution is 0.0477. The average Bonchev–Trinajstić information content (AvgIpc) is 2.68. The van der Waals surface area contributed by atoms with Crippen molar-refractivity contribution in [3.63, 3.8) is 0 Å². The summed E-state index contributed by atoms with van der Waals surface area (Å²) in [6.45, 7) is 8.60. The molecule has 1 aliphatic rings. The number of pyridine rings is 1. The molecule has 1 amide bonds. The zero-order valence-corrected chi connectivity index (χ0v) is 17.9. The summed E-state index contributed by atoms with van der Waals surface area (Å²) >= 11 is 0. The second-order valence-corrected chi connectivity index (χ2v) is 8.87. The van der Waals surface area contributed by atoms with Gasteiger partial charge in [-0.2, -0.15) is 0 Å². The normalized spacial score (nSPS) is 15.8. The summed E-state index contributed by atoms with van der Waals surface area (Å²) in [6.07, 6.45) is 7.42. The highest BCUT2D eigenvalue weighted by Gasteiger charge is 2.23. The Labute approximate surface area is 174 Å². The van der Waals surface area contributed by atoms with E-state index in [9.17, 15) is 4.79 Å². The Bertz CT molecular complexity index is 761. The third-order valence-corrected chi connectivity index (χ3v) is 5.16. The van der Waals surface area contributed by atoms with E-state index in [0.717, 1.165) is 45.3 Å². The van der Waals surface area contributed by atoms with E-state index in [0.29, 0.717) is 0 Å². The third-order valence-electron chi connectivity index (χ3n) is 5.16. The maximum atomic E-state index is 11.9. The first kappa shape index (κ1) is 21.3. The van der Waals surface area contributed by atoms with E-state index >= 15 is 0 Å². The molecule has 0 atom stereocenters. The third kappa shape index (κ3) is 7.50. The highest BCUT2D eigenvalue weighted by molar-refractivity contribution is 5.68. The highest BCUT2D eigenvalue weighted by Crippen LogP contribution is 2.16. The topological polar surface area (TPSA) is 54.5 Å². The minimum absolute atomic E-state index is 0.205. The summed E-state index contributed by atoms with van der Waals surface area (Å²) in [5.74, 6) is 0. The first-order valence-corrected chi connectivity index (χ1v) is 10.6. The average molecular weight is 396 g/mol. The molecule has 2 heterocycles. The van der Waals surface area contributed by atoms with E-state index in [2.05, 4.69) is 45.5 Å². The number of hydrogen-bond donors (Lipinski definition) is 1. The zero-order chi connectivity index (χ0) is 20.7. The predicted octanol–water partition coefficient (Wildman–Crippen LogP) is 4.36. The van der Waals surface area contributed by atoms with Crippen molar-refractivity contribution in [1.82, 2.24) is 15.2 Å².